The summed E-state index contributed by atoms with van der Waals surface area (Å²) in [6.07, 6.45) is 0.987. The number of anilines is 3. The Morgan fingerprint density at radius 3 is 2.52 bits per heavy atom. The van der Waals surface area contributed by atoms with Crippen molar-refractivity contribution in [3.05, 3.63) is 43.3 Å². The average molecular weight is 454 g/mol. The van der Waals surface area contributed by atoms with E-state index in [4.69, 9.17) is 23.2 Å². The zero-order chi connectivity index (χ0) is 15.4. The minimum atomic E-state index is 0.467. The number of rotatable bonds is 5. The zero-order valence-electron chi connectivity index (χ0n) is 11.2. The van der Waals surface area contributed by atoms with Crippen LogP contribution in [0.25, 0.3) is 0 Å². The third kappa shape index (κ3) is 4.49. The van der Waals surface area contributed by atoms with Crippen molar-refractivity contribution in [1.82, 2.24) is 4.98 Å². The maximum absolute atomic E-state index is 6.21. The van der Waals surface area contributed by atoms with E-state index in [1.807, 2.05) is 18.2 Å². The normalized spacial score (nSPS) is 10.5. The van der Waals surface area contributed by atoms with Crippen LogP contribution in [0.15, 0.2) is 33.2 Å². The van der Waals surface area contributed by atoms with Gasteiger partial charge < -0.3 is 10.6 Å². The number of nitrogens with zero attached hydrogens (tertiary/aromatic N) is 1. The van der Waals surface area contributed by atoms with Crippen LogP contribution in [0.3, 0.4) is 0 Å². The van der Waals surface area contributed by atoms with Gasteiger partial charge in [-0.1, -0.05) is 46.1 Å². The second-order valence-electron chi connectivity index (χ2n) is 4.33. The first-order chi connectivity index (χ1) is 10.0. The Kier molecular flexibility index (Phi) is 6.17. The fourth-order valence-corrected chi connectivity index (χ4v) is 2.82. The number of nitrogens with one attached hydrogen (secondary N) is 2. The number of halogens is 4. The lowest BCUT2D eigenvalue weighted by Crippen LogP contribution is -2.05. The monoisotopic (exact) mass is 451 g/mol. The van der Waals surface area contributed by atoms with Crippen LogP contribution >= 0.6 is 55.1 Å². The van der Waals surface area contributed by atoms with Gasteiger partial charge in [0.15, 0.2) is 5.82 Å². The summed E-state index contributed by atoms with van der Waals surface area (Å²) in [5, 5.41) is 7.36. The first kappa shape index (κ1) is 16.9. The molecule has 0 amide bonds. The summed E-state index contributed by atoms with van der Waals surface area (Å²) in [5.74, 6) is 1.18. The molecule has 0 unspecified atom stereocenters. The van der Waals surface area contributed by atoms with Crippen molar-refractivity contribution in [3.63, 3.8) is 0 Å². The van der Waals surface area contributed by atoms with E-state index in [0.717, 1.165) is 27.6 Å². The van der Waals surface area contributed by atoms with Gasteiger partial charge in [-0.05, 0) is 46.6 Å². The molecule has 2 N–H and O–H groups in total. The van der Waals surface area contributed by atoms with Crippen LogP contribution in [0.4, 0.5) is 17.3 Å². The van der Waals surface area contributed by atoms with Gasteiger partial charge in [-0.15, -0.1) is 0 Å². The van der Waals surface area contributed by atoms with Crippen LogP contribution in [0.5, 0.6) is 0 Å². The van der Waals surface area contributed by atoms with E-state index in [-0.39, 0.29) is 0 Å². The van der Waals surface area contributed by atoms with Gasteiger partial charge in [0.05, 0.1) is 15.7 Å². The van der Waals surface area contributed by atoms with E-state index in [2.05, 4.69) is 54.4 Å². The van der Waals surface area contributed by atoms with Crippen LogP contribution in [0.2, 0.25) is 10.0 Å². The third-order valence-corrected chi connectivity index (χ3v) is 4.41. The number of hydrogen-bond donors (Lipinski definition) is 2. The lowest BCUT2D eigenvalue weighted by Gasteiger charge is -2.13. The first-order valence-corrected chi connectivity index (χ1v) is 8.67. The summed E-state index contributed by atoms with van der Waals surface area (Å²) in [5.41, 5.74) is 0.863. The molecule has 0 saturated heterocycles. The molecule has 0 aliphatic rings. The SMILES string of the molecule is CCCNc1nc(Nc2cc(Br)ccc2Br)c(Cl)cc1Cl. The summed E-state index contributed by atoms with van der Waals surface area (Å²) in [7, 11) is 0. The van der Waals surface area contributed by atoms with E-state index in [0.29, 0.717) is 21.7 Å². The van der Waals surface area contributed by atoms with Crippen LogP contribution < -0.4 is 10.6 Å². The van der Waals surface area contributed by atoms with Gasteiger partial charge in [-0.25, -0.2) is 4.98 Å². The lowest BCUT2D eigenvalue weighted by molar-refractivity contribution is 0.970. The van der Waals surface area contributed by atoms with Crippen molar-refractivity contribution in [3.8, 4) is 0 Å². The smallest absolute Gasteiger partial charge is 0.151 e. The number of hydrogen-bond acceptors (Lipinski definition) is 3. The molecule has 0 fully saturated rings. The molecular weight excluding hydrogens is 441 g/mol. The third-order valence-electron chi connectivity index (χ3n) is 2.65. The maximum Gasteiger partial charge on any atom is 0.151 e. The highest BCUT2D eigenvalue weighted by molar-refractivity contribution is 9.11. The van der Waals surface area contributed by atoms with Crippen molar-refractivity contribution in [2.45, 2.75) is 13.3 Å². The second-order valence-corrected chi connectivity index (χ2v) is 6.91. The summed E-state index contributed by atoms with van der Waals surface area (Å²) >= 11 is 19.3. The van der Waals surface area contributed by atoms with E-state index in [1.165, 1.54) is 0 Å². The van der Waals surface area contributed by atoms with Crippen LogP contribution in [-0.4, -0.2) is 11.5 Å². The fraction of sp³-hybridized carbons (Fsp3) is 0.214. The molecule has 2 rings (SSSR count). The standard InChI is InChI=1S/C14H13Br2Cl2N3/c1-2-5-19-13-10(17)7-11(18)14(21-13)20-12-6-8(15)3-4-9(12)16/h3-4,6-7H,2,5H2,1H3,(H2,19,20,21). The molecule has 1 aromatic heterocycles. The molecule has 3 nitrogen and oxygen atoms in total. The predicted octanol–water partition coefficient (Wildman–Crippen LogP) is 6.48. The minimum absolute atomic E-state index is 0.467. The molecule has 1 heterocycles. The van der Waals surface area contributed by atoms with E-state index >= 15 is 0 Å². The average Bonchev–Trinajstić information content (AvgIpc) is 2.44. The molecule has 2 aromatic rings. The molecular formula is C14H13Br2Cl2N3. The topological polar surface area (TPSA) is 37.0 Å². The summed E-state index contributed by atoms with van der Waals surface area (Å²) in [6, 6.07) is 7.51. The van der Waals surface area contributed by atoms with Crippen LogP contribution in [0.1, 0.15) is 13.3 Å². The van der Waals surface area contributed by atoms with Crippen molar-refractivity contribution < 1.29 is 0 Å². The van der Waals surface area contributed by atoms with Gasteiger partial charge in [0.2, 0.25) is 0 Å². The highest BCUT2D eigenvalue weighted by atomic mass is 79.9. The van der Waals surface area contributed by atoms with Gasteiger partial charge in [0.25, 0.3) is 0 Å². The number of pyridine rings is 1. The van der Waals surface area contributed by atoms with Crippen molar-refractivity contribution in [2.24, 2.45) is 0 Å². The molecule has 7 heteroatoms. The Balaban J connectivity index is 2.32. The van der Waals surface area contributed by atoms with Gasteiger partial charge >= 0.3 is 0 Å². The van der Waals surface area contributed by atoms with Gasteiger partial charge in [0, 0.05) is 15.5 Å². The molecule has 1 aromatic carbocycles. The quantitative estimate of drug-likeness (QED) is 0.544. The Labute approximate surface area is 150 Å². The zero-order valence-corrected chi connectivity index (χ0v) is 15.9. The molecule has 0 bridgehead atoms. The lowest BCUT2D eigenvalue weighted by atomic mass is 10.3. The molecule has 0 spiro atoms. The summed E-state index contributed by atoms with van der Waals surface area (Å²) in [4.78, 5) is 4.45. The Bertz CT molecular complexity index is 650. The fourth-order valence-electron chi connectivity index (χ4n) is 1.64. The Morgan fingerprint density at radius 1 is 1.10 bits per heavy atom. The Morgan fingerprint density at radius 2 is 1.81 bits per heavy atom. The summed E-state index contributed by atoms with van der Waals surface area (Å²) in [6.45, 7) is 2.88. The van der Waals surface area contributed by atoms with Crippen molar-refractivity contribution >= 4 is 72.4 Å². The molecule has 0 radical (unpaired) electrons. The van der Waals surface area contributed by atoms with Gasteiger partial charge in [-0.3, -0.25) is 0 Å². The van der Waals surface area contributed by atoms with Gasteiger partial charge in [0.1, 0.15) is 5.82 Å². The van der Waals surface area contributed by atoms with E-state index in [1.54, 1.807) is 6.07 Å². The molecule has 0 aliphatic carbocycles. The highest BCUT2D eigenvalue weighted by Crippen LogP contribution is 2.34. The largest absolute Gasteiger partial charge is 0.369 e. The van der Waals surface area contributed by atoms with E-state index < -0.39 is 0 Å². The number of aromatic nitrogens is 1. The van der Waals surface area contributed by atoms with Crippen molar-refractivity contribution in [2.75, 3.05) is 17.2 Å². The highest BCUT2D eigenvalue weighted by Gasteiger charge is 2.11. The molecule has 112 valence electrons. The minimum Gasteiger partial charge on any atom is -0.369 e. The predicted molar refractivity (Wildman–Crippen MR) is 98.2 cm³/mol. The molecule has 0 atom stereocenters. The summed E-state index contributed by atoms with van der Waals surface area (Å²) < 4.78 is 1.88. The molecule has 0 saturated carbocycles. The van der Waals surface area contributed by atoms with Gasteiger partial charge in [-0.2, -0.15) is 0 Å². The van der Waals surface area contributed by atoms with Crippen LogP contribution in [-0.2, 0) is 0 Å². The van der Waals surface area contributed by atoms with Crippen LogP contribution in [0, 0.1) is 0 Å². The number of benzene rings is 1. The van der Waals surface area contributed by atoms with E-state index in [9.17, 15) is 0 Å². The molecule has 21 heavy (non-hydrogen) atoms. The molecule has 0 aliphatic heterocycles. The maximum atomic E-state index is 6.21. The first-order valence-electron chi connectivity index (χ1n) is 6.33. The van der Waals surface area contributed by atoms with Crippen molar-refractivity contribution in [1.29, 1.82) is 0 Å². The Hall–Kier alpha value is -0.490. The second kappa shape index (κ2) is 7.68.